The lowest BCUT2D eigenvalue weighted by Crippen LogP contribution is -1.76. The molecule has 0 amide bonds. The summed E-state index contributed by atoms with van der Waals surface area (Å²) < 4.78 is 0. The van der Waals surface area contributed by atoms with Crippen molar-refractivity contribution >= 4 is 24.8 Å². The maximum Gasteiger partial charge on any atom is 0.123 e. The smallest absolute Gasteiger partial charge is 0.123 e. The molecule has 0 aromatic heterocycles. The number of para-hydroxylation sites is 1. The molecule has 0 aliphatic rings. The standard InChI is InChI=1S/C12H10O.2ClH/c13-12-9-5-4-8-11(12)10-6-2-1-3-7-10;;/h1-9,13H;2*1H. The molecule has 2 aromatic carbocycles. The second-order valence-corrected chi connectivity index (χ2v) is 2.88. The summed E-state index contributed by atoms with van der Waals surface area (Å²) in [6.07, 6.45) is 0. The number of rotatable bonds is 1. The van der Waals surface area contributed by atoms with Gasteiger partial charge in [0.25, 0.3) is 0 Å². The molecule has 1 nitrogen and oxygen atoms in total. The van der Waals surface area contributed by atoms with Crippen molar-refractivity contribution in [1.82, 2.24) is 0 Å². The van der Waals surface area contributed by atoms with E-state index in [9.17, 15) is 5.11 Å². The fraction of sp³-hybridized carbons (Fsp3) is 0. The van der Waals surface area contributed by atoms with Crippen LogP contribution in [0.4, 0.5) is 0 Å². The second-order valence-electron chi connectivity index (χ2n) is 2.88. The fourth-order valence-electron chi connectivity index (χ4n) is 1.34. The highest BCUT2D eigenvalue weighted by Gasteiger charge is 2.00. The van der Waals surface area contributed by atoms with E-state index in [2.05, 4.69) is 0 Å². The van der Waals surface area contributed by atoms with Crippen LogP contribution in [0.5, 0.6) is 5.75 Å². The van der Waals surface area contributed by atoms with Gasteiger partial charge < -0.3 is 5.11 Å². The maximum atomic E-state index is 9.56. The molecule has 1 N–H and O–H groups in total. The molecule has 80 valence electrons. The Kier molecular flexibility index (Phi) is 5.83. The van der Waals surface area contributed by atoms with Crippen molar-refractivity contribution in [2.45, 2.75) is 0 Å². The van der Waals surface area contributed by atoms with Gasteiger partial charge in [0.15, 0.2) is 0 Å². The van der Waals surface area contributed by atoms with Crippen LogP contribution in [-0.4, -0.2) is 5.11 Å². The third kappa shape index (κ3) is 3.15. The third-order valence-corrected chi connectivity index (χ3v) is 1.99. The third-order valence-electron chi connectivity index (χ3n) is 1.99. The summed E-state index contributed by atoms with van der Waals surface area (Å²) in [7, 11) is 0. The summed E-state index contributed by atoms with van der Waals surface area (Å²) in [5.41, 5.74) is 1.92. The van der Waals surface area contributed by atoms with Crippen LogP contribution in [0.1, 0.15) is 0 Å². The number of phenolic OH excluding ortho intramolecular Hbond substituents is 1. The number of benzene rings is 2. The Balaban J connectivity index is 0.000000980. The van der Waals surface area contributed by atoms with Crippen molar-refractivity contribution in [1.29, 1.82) is 0 Å². The van der Waals surface area contributed by atoms with Crippen molar-refractivity contribution in [2.24, 2.45) is 0 Å². The van der Waals surface area contributed by atoms with Gasteiger partial charge in [0.2, 0.25) is 0 Å². The van der Waals surface area contributed by atoms with E-state index in [4.69, 9.17) is 0 Å². The van der Waals surface area contributed by atoms with Gasteiger partial charge in [0.05, 0.1) is 0 Å². The number of hydrogen-bond donors (Lipinski definition) is 1. The Morgan fingerprint density at radius 2 is 1.20 bits per heavy atom. The van der Waals surface area contributed by atoms with Crippen molar-refractivity contribution in [3.05, 3.63) is 54.6 Å². The van der Waals surface area contributed by atoms with Gasteiger partial charge in [-0.15, -0.1) is 24.8 Å². The summed E-state index contributed by atoms with van der Waals surface area (Å²) in [4.78, 5) is 0. The number of halogens is 2. The van der Waals surface area contributed by atoms with Crippen LogP contribution in [0.2, 0.25) is 0 Å². The molecular weight excluding hydrogens is 231 g/mol. The summed E-state index contributed by atoms with van der Waals surface area (Å²) in [6.45, 7) is 0. The first kappa shape index (κ1) is 13.8. The van der Waals surface area contributed by atoms with Gasteiger partial charge in [-0.05, 0) is 11.6 Å². The number of hydrogen-bond acceptors (Lipinski definition) is 1. The minimum absolute atomic E-state index is 0. The summed E-state index contributed by atoms with van der Waals surface area (Å²) in [5, 5.41) is 9.56. The van der Waals surface area contributed by atoms with E-state index in [-0.39, 0.29) is 24.8 Å². The average molecular weight is 243 g/mol. The van der Waals surface area contributed by atoms with Crippen molar-refractivity contribution in [3.63, 3.8) is 0 Å². The van der Waals surface area contributed by atoms with E-state index in [0.717, 1.165) is 11.1 Å². The minimum atomic E-state index is 0. The van der Waals surface area contributed by atoms with E-state index >= 15 is 0 Å². The molecule has 0 bridgehead atoms. The molecule has 0 radical (unpaired) electrons. The highest BCUT2D eigenvalue weighted by atomic mass is 35.5. The molecule has 0 atom stereocenters. The molecule has 2 rings (SSSR count). The lowest BCUT2D eigenvalue weighted by molar-refractivity contribution is 0.477. The first-order valence-corrected chi connectivity index (χ1v) is 4.21. The van der Waals surface area contributed by atoms with Crippen LogP contribution >= 0.6 is 24.8 Å². The molecule has 0 aliphatic heterocycles. The van der Waals surface area contributed by atoms with Crippen LogP contribution in [0, 0.1) is 0 Å². The molecule has 3 heteroatoms. The first-order chi connectivity index (χ1) is 6.38. The van der Waals surface area contributed by atoms with Gasteiger partial charge in [-0.1, -0.05) is 48.5 Å². The summed E-state index contributed by atoms with van der Waals surface area (Å²) in [6, 6.07) is 17.2. The van der Waals surface area contributed by atoms with Crippen LogP contribution in [0.25, 0.3) is 11.1 Å². The molecule has 0 fully saturated rings. The highest BCUT2D eigenvalue weighted by Crippen LogP contribution is 2.27. The zero-order valence-electron chi connectivity index (χ0n) is 7.96. The molecule has 0 aliphatic carbocycles. The Morgan fingerprint density at radius 1 is 0.667 bits per heavy atom. The SMILES string of the molecule is Cl.Cl.Oc1ccccc1-c1ccccc1. The van der Waals surface area contributed by atoms with E-state index in [1.807, 2.05) is 48.5 Å². The topological polar surface area (TPSA) is 20.2 Å². The Hall–Kier alpha value is -1.18. The van der Waals surface area contributed by atoms with Crippen molar-refractivity contribution in [3.8, 4) is 16.9 Å². The lowest BCUT2D eigenvalue weighted by atomic mass is 10.1. The highest BCUT2D eigenvalue weighted by molar-refractivity contribution is 5.85. The molecule has 15 heavy (non-hydrogen) atoms. The van der Waals surface area contributed by atoms with Crippen molar-refractivity contribution in [2.75, 3.05) is 0 Å². The van der Waals surface area contributed by atoms with Gasteiger partial charge in [-0.2, -0.15) is 0 Å². The fourth-order valence-corrected chi connectivity index (χ4v) is 1.34. The van der Waals surface area contributed by atoms with Crippen LogP contribution in [-0.2, 0) is 0 Å². The molecular formula is C12H12Cl2O. The monoisotopic (exact) mass is 242 g/mol. The first-order valence-electron chi connectivity index (χ1n) is 4.21. The normalized spacial score (nSPS) is 8.53. The summed E-state index contributed by atoms with van der Waals surface area (Å²) in [5.74, 6) is 0.328. The Morgan fingerprint density at radius 3 is 1.80 bits per heavy atom. The molecule has 0 unspecified atom stereocenters. The van der Waals surface area contributed by atoms with Gasteiger partial charge in [0.1, 0.15) is 5.75 Å². The zero-order valence-corrected chi connectivity index (χ0v) is 9.59. The predicted molar refractivity (Wildman–Crippen MR) is 68.0 cm³/mol. The largest absolute Gasteiger partial charge is 0.507 e. The molecule has 0 saturated carbocycles. The second kappa shape index (κ2) is 6.33. The van der Waals surface area contributed by atoms with Crippen LogP contribution in [0.3, 0.4) is 0 Å². The zero-order chi connectivity index (χ0) is 9.10. The van der Waals surface area contributed by atoms with Gasteiger partial charge in [-0.25, -0.2) is 0 Å². The lowest BCUT2D eigenvalue weighted by Gasteiger charge is -2.02. The van der Waals surface area contributed by atoms with Crippen LogP contribution < -0.4 is 0 Å². The van der Waals surface area contributed by atoms with E-state index in [1.165, 1.54) is 0 Å². The predicted octanol–water partition coefficient (Wildman–Crippen LogP) is 3.90. The Bertz CT molecular complexity index is 401. The van der Waals surface area contributed by atoms with Gasteiger partial charge in [0, 0.05) is 5.56 Å². The summed E-state index contributed by atoms with van der Waals surface area (Å²) >= 11 is 0. The Labute approximate surface area is 102 Å². The van der Waals surface area contributed by atoms with E-state index < -0.39 is 0 Å². The van der Waals surface area contributed by atoms with Gasteiger partial charge in [-0.3, -0.25) is 0 Å². The average Bonchev–Trinajstić information content (AvgIpc) is 2.20. The molecule has 0 saturated heterocycles. The minimum Gasteiger partial charge on any atom is -0.507 e. The van der Waals surface area contributed by atoms with Crippen LogP contribution in [0.15, 0.2) is 54.6 Å². The van der Waals surface area contributed by atoms with E-state index in [0.29, 0.717) is 5.75 Å². The molecule has 2 aromatic rings. The number of aromatic hydroxyl groups is 1. The van der Waals surface area contributed by atoms with E-state index in [1.54, 1.807) is 6.07 Å². The number of phenols is 1. The molecule has 0 heterocycles. The van der Waals surface area contributed by atoms with Crippen molar-refractivity contribution < 1.29 is 5.11 Å². The molecule has 0 spiro atoms. The van der Waals surface area contributed by atoms with Gasteiger partial charge >= 0.3 is 0 Å². The maximum absolute atomic E-state index is 9.56. The quantitative estimate of drug-likeness (QED) is 0.805.